The van der Waals surface area contributed by atoms with Crippen molar-refractivity contribution in [1.82, 2.24) is 10.4 Å². The smallest absolute Gasteiger partial charge is 0.311 e. The lowest BCUT2D eigenvalue weighted by molar-refractivity contribution is -0.151. The molecule has 3 rings (SSSR count). The summed E-state index contributed by atoms with van der Waals surface area (Å²) >= 11 is 0. The van der Waals surface area contributed by atoms with Crippen LogP contribution in [0.1, 0.15) is 29.3 Å². The van der Waals surface area contributed by atoms with Crippen molar-refractivity contribution in [3.63, 3.8) is 0 Å². The van der Waals surface area contributed by atoms with E-state index in [4.69, 9.17) is 9.47 Å². The molecule has 1 atom stereocenters. The zero-order valence-corrected chi connectivity index (χ0v) is 17.9. The van der Waals surface area contributed by atoms with Crippen molar-refractivity contribution in [1.29, 1.82) is 0 Å². The molecule has 1 heterocycles. The standard InChI is InChI=1S/C23H25N3O6/c1-3-31-19-7-5-4-6-18(19)24-20(27)14-32-23(30)17-12-21(28)26(13-17)25-22(29)16-10-8-15(2)9-11-16/h4-11,17H,3,12-14H2,1-2H3,(H,24,27)(H,25,29)/t17-/m1/s1. The summed E-state index contributed by atoms with van der Waals surface area (Å²) in [5, 5.41) is 3.74. The Hall–Kier alpha value is -3.88. The molecular weight excluding hydrogens is 414 g/mol. The molecule has 0 unspecified atom stereocenters. The number of carbonyl (C=O) groups is 4. The zero-order chi connectivity index (χ0) is 23.1. The Morgan fingerprint density at radius 2 is 1.81 bits per heavy atom. The molecule has 2 N–H and O–H groups in total. The van der Waals surface area contributed by atoms with Gasteiger partial charge in [-0.2, -0.15) is 0 Å². The van der Waals surface area contributed by atoms with Gasteiger partial charge in [-0.05, 0) is 38.1 Å². The number of rotatable bonds is 8. The number of ether oxygens (including phenoxy) is 2. The van der Waals surface area contributed by atoms with Gasteiger partial charge in [-0.25, -0.2) is 0 Å². The molecular formula is C23H25N3O6. The van der Waals surface area contributed by atoms with Gasteiger partial charge < -0.3 is 14.8 Å². The van der Waals surface area contributed by atoms with Gasteiger partial charge in [0, 0.05) is 12.0 Å². The first-order valence-corrected chi connectivity index (χ1v) is 10.2. The highest BCUT2D eigenvalue weighted by Gasteiger charge is 2.36. The van der Waals surface area contributed by atoms with Crippen LogP contribution in [-0.2, 0) is 19.1 Å². The van der Waals surface area contributed by atoms with Gasteiger partial charge in [0.15, 0.2) is 6.61 Å². The maximum Gasteiger partial charge on any atom is 0.311 e. The fourth-order valence-electron chi connectivity index (χ4n) is 3.16. The summed E-state index contributed by atoms with van der Waals surface area (Å²) in [7, 11) is 0. The fraction of sp³-hybridized carbons (Fsp3) is 0.304. The predicted molar refractivity (Wildman–Crippen MR) is 116 cm³/mol. The highest BCUT2D eigenvalue weighted by atomic mass is 16.5. The predicted octanol–water partition coefficient (Wildman–Crippen LogP) is 2.07. The van der Waals surface area contributed by atoms with E-state index in [2.05, 4.69) is 10.7 Å². The summed E-state index contributed by atoms with van der Waals surface area (Å²) in [6, 6.07) is 13.8. The summed E-state index contributed by atoms with van der Waals surface area (Å²) < 4.78 is 10.5. The molecule has 0 radical (unpaired) electrons. The van der Waals surface area contributed by atoms with E-state index in [-0.39, 0.29) is 13.0 Å². The Labute approximate surface area is 185 Å². The Morgan fingerprint density at radius 1 is 1.09 bits per heavy atom. The van der Waals surface area contributed by atoms with E-state index in [1.165, 1.54) is 0 Å². The number of hydrogen-bond acceptors (Lipinski definition) is 6. The number of para-hydroxylation sites is 2. The van der Waals surface area contributed by atoms with Crippen molar-refractivity contribution in [3.8, 4) is 5.75 Å². The molecule has 9 heteroatoms. The van der Waals surface area contributed by atoms with E-state index in [1.54, 1.807) is 48.5 Å². The second-order valence-corrected chi connectivity index (χ2v) is 7.30. The molecule has 1 aliphatic heterocycles. The molecule has 2 aromatic rings. The average molecular weight is 439 g/mol. The normalized spacial score (nSPS) is 15.2. The van der Waals surface area contributed by atoms with Crippen LogP contribution in [-0.4, -0.2) is 48.5 Å². The zero-order valence-electron chi connectivity index (χ0n) is 17.9. The van der Waals surface area contributed by atoms with Crippen LogP contribution in [0.2, 0.25) is 0 Å². The van der Waals surface area contributed by atoms with Crippen LogP contribution in [0, 0.1) is 12.8 Å². The van der Waals surface area contributed by atoms with Crippen molar-refractivity contribution in [3.05, 3.63) is 59.7 Å². The molecule has 0 bridgehead atoms. The summed E-state index contributed by atoms with van der Waals surface area (Å²) in [4.78, 5) is 49.0. The minimum absolute atomic E-state index is 0.0237. The first kappa shape index (κ1) is 22.8. The first-order valence-electron chi connectivity index (χ1n) is 10.2. The molecule has 1 saturated heterocycles. The van der Waals surface area contributed by atoms with E-state index >= 15 is 0 Å². The third-order valence-corrected chi connectivity index (χ3v) is 4.82. The number of esters is 1. The van der Waals surface area contributed by atoms with Crippen molar-refractivity contribution in [2.75, 3.05) is 25.1 Å². The average Bonchev–Trinajstić information content (AvgIpc) is 3.14. The van der Waals surface area contributed by atoms with Crippen molar-refractivity contribution >= 4 is 29.4 Å². The lowest BCUT2D eigenvalue weighted by atomic mass is 10.1. The quantitative estimate of drug-likeness (QED) is 0.609. The SMILES string of the molecule is CCOc1ccccc1NC(=O)COC(=O)[C@@H]1CC(=O)N(NC(=O)c2ccc(C)cc2)C1. The number of benzene rings is 2. The number of amides is 3. The number of carbonyl (C=O) groups excluding carboxylic acids is 4. The highest BCUT2D eigenvalue weighted by molar-refractivity contribution is 5.97. The van der Waals surface area contributed by atoms with E-state index in [1.807, 2.05) is 13.8 Å². The summed E-state index contributed by atoms with van der Waals surface area (Å²) in [6.45, 7) is 3.65. The van der Waals surface area contributed by atoms with E-state index in [0.29, 0.717) is 23.6 Å². The van der Waals surface area contributed by atoms with Crippen molar-refractivity contribution < 1.29 is 28.7 Å². The second kappa shape index (κ2) is 10.4. The number of nitrogens with one attached hydrogen (secondary N) is 2. The third kappa shape index (κ3) is 5.84. The van der Waals surface area contributed by atoms with Crippen molar-refractivity contribution in [2.24, 2.45) is 5.92 Å². The van der Waals surface area contributed by atoms with Gasteiger partial charge in [-0.3, -0.25) is 29.6 Å². The Balaban J connectivity index is 1.48. The minimum Gasteiger partial charge on any atom is -0.492 e. The fourth-order valence-corrected chi connectivity index (χ4v) is 3.16. The Morgan fingerprint density at radius 3 is 2.53 bits per heavy atom. The van der Waals surface area contributed by atoms with E-state index in [0.717, 1.165) is 10.6 Å². The van der Waals surface area contributed by atoms with Gasteiger partial charge in [-0.15, -0.1) is 0 Å². The van der Waals surface area contributed by atoms with Crippen molar-refractivity contribution in [2.45, 2.75) is 20.3 Å². The molecule has 0 spiro atoms. The number of hydrogen-bond donors (Lipinski definition) is 2. The monoisotopic (exact) mass is 439 g/mol. The topological polar surface area (TPSA) is 114 Å². The van der Waals surface area contributed by atoms with Gasteiger partial charge in [0.1, 0.15) is 5.75 Å². The lowest BCUT2D eigenvalue weighted by Crippen LogP contribution is -2.43. The molecule has 9 nitrogen and oxygen atoms in total. The van der Waals surface area contributed by atoms with Gasteiger partial charge in [0.05, 0.1) is 24.8 Å². The maximum absolute atomic E-state index is 12.3. The molecule has 0 aromatic heterocycles. The molecule has 3 amide bonds. The van der Waals surface area contributed by atoms with Crippen LogP contribution >= 0.6 is 0 Å². The molecule has 2 aromatic carbocycles. The molecule has 32 heavy (non-hydrogen) atoms. The van der Waals surface area contributed by atoms with Gasteiger partial charge in [0.25, 0.3) is 11.8 Å². The molecule has 0 saturated carbocycles. The van der Waals surface area contributed by atoms with Crippen LogP contribution in [0.3, 0.4) is 0 Å². The van der Waals surface area contributed by atoms with Crippen LogP contribution in [0.15, 0.2) is 48.5 Å². The highest BCUT2D eigenvalue weighted by Crippen LogP contribution is 2.23. The van der Waals surface area contributed by atoms with Gasteiger partial charge in [0.2, 0.25) is 5.91 Å². The number of nitrogens with zero attached hydrogens (tertiary/aromatic N) is 1. The number of anilines is 1. The van der Waals surface area contributed by atoms with E-state index in [9.17, 15) is 19.2 Å². The Bertz CT molecular complexity index is 1010. The van der Waals surface area contributed by atoms with Crippen LogP contribution < -0.4 is 15.5 Å². The molecule has 168 valence electrons. The van der Waals surface area contributed by atoms with Crippen LogP contribution in [0.5, 0.6) is 5.75 Å². The first-order chi connectivity index (χ1) is 15.4. The summed E-state index contributed by atoms with van der Waals surface area (Å²) in [6.07, 6.45) is -0.109. The summed E-state index contributed by atoms with van der Waals surface area (Å²) in [5.41, 5.74) is 4.39. The van der Waals surface area contributed by atoms with Gasteiger partial charge in [-0.1, -0.05) is 29.8 Å². The Kier molecular flexibility index (Phi) is 7.43. The summed E-state index contributed by atoms with van der Waals surface area (Å²) in [5.74, 6) is -2.32. The molecule has 1 fully saturated rings. The second-order valence-electron chi connectivity index (χ2n) is 7.30. The minimum atomic E-state index is -0.774. The number of aryl methyl sites for hydroxylation is 1. The third-order valence-electron chi connectivity index (χ3n) is 4.82. The number of hydrazine groups is 1. The maximum atomic E-state index is 12.3. The van der Waals surface area contributed by atoms with E-state index < -0.39 is 36.2 Å². The molecule has 0 aliphatic carbocycles. The van der Waals surface area contributed by atoms with Gasteiger partial charge >= 0.3 is 5.97 Å². The van der Waals surface area contributed by atoms with Crippen LogP contribution in [0.25, 0.3) is 0 Å². The lowest BCUT2D eigenvalue weighted by Gasteiger charge is -2.17. The van der Waals surface area contributed by atoms with Crippen LogP contribution in [0.4, 0.5) is 5.69 Å². The largest absolute Gasteiger partial charge is 0.492 e. The molecule has 1 aliphatic rings.